The predicted octanol–water partition coefficient (Wildman–Crippen LogP) is 5.34. The molecule has 2 saturated heterocycles. The maximum Gasteiger partial charge on any atom is 0.435 e. The number of aryl methyl sites for hydroxylation is 1. The summed E-state index contributed by atoms with van der Waals surface area (Å²) in [4.78, 5) is 28.4. The summed E-state index contributed by atoms with van der Waals surface area (Å²) in [6.45, 7) is 1.76. The molecule has 15 heteroatoms. The summed E-state index contributed by atoms with van der Waals surface area (Å²) in [5.41, 5.74) is -7.86. The van der Waals surface area contributed by atoms with Crippen LogP contribution in [0.25, 0.3) is 0 Å². The third kappa shape index (κ3) is 4.43. The molecule has 2 heterocycles. The van der Waals surface area contributed by atoms with Crippen LogP contribution in [-0.2, 0) is 36.3 Å². The number of likely N-dealkylation sites (tertiary alicyclic amines) is 2. The summed E-state index contributed by atoms with van der Waals surface area (Å²) in [5.74, 6) is -1.53. The van der Waals surface area contributed by atoms with E-state index in [9.17, 15) is 53.1 Å². The molecule has 1 aliphatic carbocycles. The van der Waals surface area contributed by atoms with Crippen LogP contribution in [0.1, 0.15) is 49.3 Å². The first-order valence-corrected chi connectivity index (χ1v) is 15.0. The summed E-state index contributed by atoms with van der Waals surface area (Å²) in [5, 5.41) is 0. The second-order valence-electron chi connectivity index (χ2n) is 10.9. The van der Waals surface area contributed by atoms with Crippen LogP contribution < -0.4 is 0 Å². The van der Waals surface area contributed by atoms with Gasteiger partial charge in [-0.1, -0.05) is 18.2 Å². The maximum absolute atomic E-state index is 15.0. The standard InChI is InChI=1S/C28H26F8N2O4S/c1-2-37-21(10-12-23(37)39)24(40)38-14-13-25(43(41,42)19-7-5-18(29)6-8-19)20-9-4-17(15-16(20)3-11-22(25)38)26(30,27(31,32)33)28(34,35)36/h4-9,15,21-22H,2-3,10-14H2,1H3/t21-,22+,25+/m0/s1. The molecular formula is C28H26F8N2O4S. The lowest BCUT2D eigenvalue weighted by atomic mass is 9.76. The van der Waals surface area contributed by atoms with Crippen LogP contribution in [0.2, 0.25) is 0 Å². The van der Waals surface area contributed by atoms with Crippen molar-refractivity contribution in [2.45, 2.75) is 78.8 Å². The van der Waals surface area contributed by atoms with Gasteiger partial charge in [0.25, 0.3) is 0 Å². The van der Waals surface area contributed by atoms with Crippen molar-refractivity contribution in [2.75, 3.05) is 13.1 Å². The first-order valence-electron chi connectivity index (χ1n) is 13.5. The van der Waals surface area contributed by atoms with E-state index >= 15 is 0 Å². The Kier molecular flexibility index (Phi) is 7.37. The Bertz CT molecular complexity index is 1540. The van der Waals surface area contributed by atoms with E-state index in [4.69, 9.17) is 0 Å². The zero-order chi connectivity index (χ0) is 31.8. The van der Waals surface area contributed by atoms with Crippen LogP contribution in [0.4, 0.5) is 35.1 Å². The Hall–Kier alpha value is -3.23. The smallest absolute Gasteiger partial charge is 0.336 e. The number of fused-ring (bicyclic) bond motifs is 3. The molecule has 0 N–H and O–H groups in total. The van der Waals surface area contributed by atoms with E-state index in [1.807, 2.05) is 0 Å². The molecule has 0 unspecified atom stereocenters. The van der Waals surface area contributed by atoms with E-state index in [0.29, 0.717) is 6.07 Å². The fourth-order valence-corrected chi connectivity index (χ4v) is 9.26. The highest BCUT2D eigenvalue weighted by molar-refractivity contribution is 7.92. The summed E-state index contributed by atoms with van der Waals surface area (Å²) in [6, 6.07) is 3.19. The van der Waals surface area contributed by atoms with Crippen LogP contribution in [0.3, 0.4) is 0 Å². The van der Waals surface area contributed by atoms with E-state index in [1.54, 1.807) is 6.92 Å². The van der Waals surface area contributed by atoms with Crippen molar-refractivity contribution < 1.29 is 53.1 Å². The Morgan fingerprint density at radius 3 is 2.16 bits per heavy atom. The number of likely N-dealkylation sites (N-methyl/N-ethyl adjacent to an activating group) is 1. The van der Waals surface area contributed by atoms with Gasteiger partial charge in [-0.2, -0.15) is 26.3 Å². The van der Waals surface area contributed by atoms with Crippen LogP contribution in [0.15, 0.2) is 47.4 Å². The number of halogens is 8. The van der Waals surface area contributed by atoms with Gasteiger partial charge in [0.05, 0.1) is 10.9 Å². The lowest BCUT2D eigenvalue weighted by molar-refractivity contribution is -0.348. The summed E-state index contributed by atoms with van der Waals surface area (Å²) in [6.07, 6.45) is -13.2. The van der Waals surface area contributed by atoms with E-state index < -0.39 is 62.0 Å². The molecule has 3 aliphatic rings. The minimum atomic E-state index is -6.37. The van der Waals surface area contributed by atoms with Gasteiger partial charge in [-0.05, 0) is 68.0 Å². The number of amides is 2. The highest BCUT2D eigenvalue weighted by Gasteiger charge is 2.74. The van der Waals surface area contributed by atoms with Gasteiger partial charge in [-0.25, -0.2) is 17.2 Å². The molecule has 0 radical (unpaired) electrons. The molecule has 0 aromatic heterocycles. The number of benzene rings is 2. The van der Waals surface area contributed by atoms with Crippen molar-refractivity contribution in [2.24, 2.45) is 0 Å². The SMILES string of the molecule is CCN1C(=O)CC[C@H]1C(=O)N1CC[C@@]2(S(=O)(=O)c3ccc(F)cc3)c3ccc(C(F)(C(F)(F)F)C(F)(F)F)cc3CC[C@@H]12. The summed E-state index contributed by atoms with van der Waals surface area (Å²) >= 11 is 0. The number of hydrogen-bond acceptors (Lipinski definition) is 4. The van der Waals surface area contributed by atoms with Crippen molar-refractivity contribution in [3.05, 3.63) is 65.0 Å². The third-order valence-electron chi connectivity index (χ3n) is 8.91. The number of sulfone groups is 1. The van der Waals surface area contributed by atoms with Crippen LogP contribution in [-0.4, -0.2) is 67.6 Å². The zero-order valence-electron chi connectivity index (χ0n) is 22.6. The van der Waals surface area contributed by atoms with Crippen molar-refractivity contribution in [3.8, 4) is 0 Å². The maximum atomic E-state index is 15.0. The molecular weight excluding hydrogens is 612 g/mol. The minimum absolute atomic E-state index is 0.108. The molecule has 2 aromatic carbocycles. The molecule has 3 atom stereocenters. The molecule has 2 aliphatic heterocycles. The monoisotopic (exact) mass is 638 g/mol. The van der Waals surface area contributed by atoms with Crippen molar-refractivity contribution in [1.29, 1.82) is 0 Å². The second-order valence-corrected chi connectivity index (χ2v) is 13.1. The van der Waals surface area contributed by atoms with Gasteiger partial charge >= 0.3 is 18.0 Å². The first-order chi connectivity index (χ1) is 19.9. The lowest BCUT2D eigenvalue weighted by Crippen LogP contribution is -2.55. The molecule has 2 fully saturated rings. The fraction of sp³-hybridized carbons (Fsp3) is 0.500. The van der Waals surface area contributed by atoms with Gasteiger partial charge in [0.2, 0.25) is 11.8 Å². The highest BCUT2D eigenvalue weighted by Crippen LogP contribution is 2.57. The van der Waals surface area contributed by atoms with E-state index in [2.05, 4.69) is 0 Å². The van der Waals surface area contributed by atoms with E-state index in [-0.39, 0.29) is 73.2 Å². The number of rotatable bonds is 5. The van der Waals surface area contributed by atoms with Gasteiger partial charge < -0.3 is 9.80 Å². The third-order valence-corrected chi connectivity index (χ3v) is 11.5. The average molecular weight is 639 g/mol. The van der Waals surface area contributed by atoms with Gasteiger partial charge in [0.15, 0.2) is 9.84 Å². The minimum Gasteiger partial charge on any atom is -0.336 e. The van der Waals surface area contributed by atoms with Crippen LogP contribution in [0, 0.1) is 5.82 Å². The van der Waals surface area contributed by atoms with Crippen LogP contribution >= 0.6 is 0 Å². The Morgan fingerprint density at radius 2 is 1.58 bits per heavy atom. The van der Waals surface area contributed by atoms with Crippen molar-refractivity contribution in [1.82, 2.24) is 9.80 Å². The predicted molar refractivity (Wildman–Crippen MR) is 135 cm³/mol. The Morgan fingerprint density at radius 1 is 0.953 bits per heavy atom. The second kappa shape index (κ2) is 10.2. The normalized spacial score (nSPS) is 24.7. The number of alkyl halides is 7. The van der Waals surface area contributed by atoms with Gasteiger partial charge in [0, 0.05) is 25.1 Å². The van der Waals surface area contributed by atoms with E-state index in [1.165, 1.54) is 9.80 Å². The van der Waals surface area contributed by atoms with Crippen molar-refractivity contribution >= 4 is 21.7 Å². The lowest BCUT2D eigenvalue weighted by Gasteiger charge is -2.43. The van der Waals surface area contributed by atoms with Gasteiger partial charge in [-0.3, -0.25) is 9.59 Å². The Labute approximate surface area is 241 Å². The highest BCUT2D eigenvalue weighted by atomic mass is 32.2. The zero-order valence-corrected chi connectivity index (χ0v) is 23.4. The number of carbonyl (C=O) groups is 2. The molecule has 6 nitrogen and oxygen atoms in total. The molecule has 5 rings (SSSR count). The molecule has 234 valence electrons. The quantitative estimate of drug-likeness (QED) is 0.328. The fourth-order valence-electron chi connectivity index (χ4n) is 6.90. The topological polar surface area (TPSA) is 74.8 Å². The molecule has 0 bridgehead atoms. The summed E-state index contributed by atoms with van der Waals surface area (Å²) < 4.78 is 137. The van der Waals surface area contributed by atoms with Gasteiger partial charge in [0.1, 0.15) is 16.6 Å². The average Bonchev–Trinajstić information content (AvgIpc) is 3.52. The molecule has 0 saturated carbocycles. The van der Waals surface area contributed by atoms with Crippen LogP contribution in [0.5, 0.6) is 0 Å². The number of nitrogens with zero attached hydrogens (tertiary/aromatic N) is 2. The molecule has 43 heavy (non-hydrogen) atoms. The first kappa shape index (κ1) is 31.2. The van der Waals surface area contributed by atoms with Crippen molar-refractivity contribution in [3.63, 3.8) is 0 Å². The molecule has 2 amide bonds. The molecule has 0 spiro atoms. The number of carbonyl (C=O) groups excluding carboxylic acids is 2. The largest absolute Gasteiger partial charge is 0.435 e. The van der Waals surface area contributed by atoms with E-state index in [0.717, 1.165) is 30.3 Å². The molecule has 2 aromatic rings. The number of hydrogen-bond donors (Lipinski definition) is 0. The van der Waals surface area contributed by atoms with Gasteiger partial charge in [-0.15, -0.1) is 0 Å². The Balaban J connectivity index is 1.68. The summed E-state index contributed by atoms with van der Waals surface area (Å²) in [7, 11) is -4.59.